The van der Waals surface area contributed by atoms with Gasteiger partial charge in [-0.2, -0.15) is 0 Å². The maximum atomic E-state index is 8.98. The third-order valence-electron chi connectivity index (χ3n) is 0.639. The summed E-state index contributed by atoms with van der Waals surface area (Å²) >= 11 is 10.7. The smallest absolute Gasteiger partial charge is 0.134 e. The second-order valence-corrected chi connectivity index (χ2v) is 2.01. The molecule has 1 heterocycles. The molecule has 2 nitrogen and oxygen atoms in total. The molecule has 1 aromatic heterocycles. The van der Waals surface area contributed by atoms with Gasteiger partial charge in [-0.05, 0) is 0 Å². The van der Waals surface area contributed by atoms with Crippen LogP contribution in [-0.4, -0.2) is 10.1 Å². The van der Waals surface area contributed by atoms with Crippen LogP contribution in [0.2, 0.25) is 10.3 Å². The van der Waals surface area contributed by atoms with E-state index in [1.165, 1.54) is 0 Å². The highest BCUT2D eigenvalue weighted by atomic mass is 35.5. The highest BCUT2D eigenvalue weighted by Gasteiger charge is 1.94. The van der Waals surface area contributed by atoms with Crippen molar-refractivity contribution in [3.63, 3.8) is 0 Å². The minimum absolute atomic E-state index is 0.205. The Balaban J connectivity index is 3.46. The first-order valence-electron chi connectivity index (χ1n) is 3.05. The van der Waals surface area contributed by atoms with Crippen molar-refractivity contribution < 1.29 is 7.85 Å². The van der Waals surface area contributed by atoms with E-state index in [1.807, 2.05) is 0 Å². The molecule has 0 atom stereocenters. The van der Waals surface area contributed by atoms with E-state index in [4.69, 9.17) is 31.0 Å². The fourth-order valence-electron chi connectivity index (χ4n) is 0.369. The molecule has 0 amide bonds. The van der Waals surface area contributed by atoms with Crippen molar-refractivity contribution in [1.82, 2.24) is 4.98 Å². The minimum atomic E-state index is -0.546. The minimum Gasteiger partial charge on any atom is -0.508 e. The Bertz CT molecular complexity index is 279. The molecule has 1 aromatic rings. The first-order chi connectivity index (χ1) is 5.04. The van der Waals surface area contributed by atoms with E-state index in [2.05, 4.69) is 4.98 Å². The van der Waals surface area contributed by atoms with Crippen LogP contribution in [0.25, 0.3) is 0 Å². The summed E-state index contributed by atoms with van der Waals surface area (Å²) in [6, 6.07) is -0.748. The van der Waals surface area contributed by atoms with E-state index in [0.29, 0.717) is 0 Å². The van der Waals surface area contributed by atoms with Crippen molar-refractivity contribution >= 4 is 23.2 Å². The summed E-state index contributed by atoms with van der Waals surface area (Å²) in [6.07, 6.45) is 0. The van der Waals surface area contributed by atoms with Gasteiger partial charge in [-0.25, -0.2) is 4.98 Å². The summed E-state index contributed by atoms with van der Waals surface area (Å²) in [5.74, 6) is -0.546. The molecule has 0 unspecified atom stereocenters. The summed E-state index contributed by atoms with van der Waals surface area (Å²) in [5, 5.41) is 8.57. The largest absolute Gasteiger partial charge is 0.508 e. The summed E-state index contributed by atoms with van der Waals surface area (Å²) < 4.78 is 14.1. The fourth-order valence-corrected chi connectivity index (χ4v) is 0.760. The Morgan fingerprint density at radius 1 is 1.44 bits per heavy atom. The van der Waals surface area contributed by atoms with Gasteiger partial charge >= 0.3 is 0 Å². The molecule has 0 radical (unpaired) electrons. The standard InChI is InChI=1S/C5H3Cl2NO/c6-4-1-3(9)2-5(7)8-4/h1-2H,(H,8,9)/i1D,2D. The Labute approximate surface area is 64.9 Å². The van der Waals surface area contributed by atoms with Crippen molar-refractivity contribution in [3.05, 3.63) is 22.4 Å². The summed E-state index contributed by atoms with van der Waals surface area (Å²) in [4.78, 5) is 3.43. The van der Waals surface area contributed by atoms with Crippen LogP contribution in [-0.2, 0) is 0 Å². The predicted octanol–water partition coefficient (Wildman–Crippen LogP) is 2.09. The van der Waals surface area contributed by atoms with Crippen molar-refractivity contribution in [2.75, 3.05) is 0 Å². The lowest BCUT2D eigenvalue weighted by atomic mass is 10.5. The Hall–Kier alpha value is -0.470. The summed E-state index contributed by atoms with van der Waals surface area (Å²) in [6.45, 7) is 0. The molecule has 0 fully saturated rings. The number of halogens is 2. The zero-order chi connectivity index (χ0) is 8.59. The molecule has 48 valence electrons. The highest BCUT2D eigenvalue weighted by molar-refractivity contribution is 6.32. The van der Waals surface area contributed by atoms with Gasteiger partial charge in [0, 0.05) is 12.1 Å². The number of rotatable bonds is 0. The zero-order valence-electron chi connectivity index (χ0n) is 6.15. The van der Waals surface area contributed by atoms with Gasteiger partial charge in [-0.3, -0.25) is 0 Å². The topological polar surface area (TPSA) is 33.1 Å². The molecule has 0 spiro atoms. The molecular weight excluding hydrogens is 161 g/mol. The summed E-state index contributed by atoms with van der Waals surface area (Å²) in [5.41, 5.74) is 0. The molecule has 0 saturated heterocycles. The molecule has 0 aromatic carbocycles. The molecule has 1 N–H and O–H groups in total. The van der Waals surface area contributed by atoms with Crippen LogP contribution < -0.4 is 0 Å². The zero-order valence-corrected chi connectivity index (χ0v) is 5.66. The van der Waals surface area contributed by atoms with E-state index in [9.17, 15) is 0 Å². The molecule has 1 rings (SSSR count). The maximum absolute atomic E-state index is 8.98. The van der Waals surface area contributed by atoms with Gasteiger partial charge in [-0.15, -0.1) is 0 Å². The monoisotopic (exact) mass is 165 g/mol. The number of pyridine rings is 1. The van der Waals surface area contributed by atoms with E-state index in [-0.39, 0.29) is 22.4 Å². The molecule has 0 saturated carbocycles. The number of nitrogens with zero attached hydrogens (tertiary/aromatic N) is 1. The molecule has 4 heteroatoms. The maximum Gasteiger partial charge on any atom is 0.134 e. The van der Waals surface area contributed by atoms with Crippen LogP contribution >= 0.6 is 23.2 Å². The number of aromatic hydroxyl groups is 1. The Morgan fingerprint density at radius 3 is 2.33 bits per heavy atom. The first kappa shape index (κ1) is 4.36. The quantitative estimate of drug-likeness (QED) is 0.598. The Morgan fingerprint density at radius 2 is 1.89 bits per heavy atom. The lowest BCUT2D eigenvalue weighted by molar-refractivity contribution is 0.474. The van der Waals surface area contributed by atoms with E-state index in [0.717, 1.165) is 0 Å². The van der Waals surface area contributed by atoms with Gasteiger partial charge in [0.2, 0.25) is 0 Å². The molecular formula is C5H3Cl2NO. The van der Waals surface area contributed by atoms with Gasteiger partial charge in [0.1, 0.15) is 16.1 Å². The third kappa shape index (κ3) is 1.73. The number of aromatic nitrogens is 1. The SMILES string of the molecule is [2H]c1c(Cl)nc(Cl)c([2H])c1O. The van der Waals surface area contributed by atoms with Crippen LogP contribution in [0.15, 0.2) is 12.1 Å². The second-order valence-electron chi connectivity index (χ2n) is 1.29. The number of hydrogen-bond acceptors (Lipinski definition) is 2. The van der Waals surface area contributed by atoms with Gasteiger partial charge in [-0.1, -0.05) is 23.2 Å². The molecule has 0 aliphatic carbocycles. The second kappa shape index (κ2) is 2.42. The average Bonchev–Trinajstić information content (AvgIpc) is 1.97. The van der Waals surface area contributed by atoms with E-state index < -0.39 is 5.75 Å². The van der Waals surface area contributed by atoms with Gasteiger partial charge < -0.3 is 5.11 Å². The highest BCUT2D eigenvalue weighted by Crippen LogP contribution is 2.18. The van der Waals surface area contributed by atoms with E-state index >= 15 is 0 Å². The lowest BCUT2D eigenvalue weighted by Crippen LogP contribution is -1.74. The van der Waals surface area contributed by atoms with Crippen LogP contribution in [0.1, 0.15) is 2.74 Å². The summed E-state index contributed by atoms with van der Waals surface area (Å²) in [7, 11) is 0. The molecule has 0 bridgehead atoms. The number of hydrogen-bond donors (Lipinski definition) is 1. The molecule has 0 aliphatic heterocycles. The van der Waals surface area contributed by atoms with Gasteiger partial charge in [0.25, 0.3) is 0 Å². The van der Waals surface area contributed by atoms with Crippen molar-refractivity contribution in [3.8, 4) is 5.75 Å². The normalized spacial score (nSPS) is 12.7. The lowest BCUT2D eigenvalue weighted by Gasteiger charge is -1.91. The van der Waals surface area contributed by atoms with Crippen LogP contribution in [0.3, 0.4) is 0 Å². The first-order valence-corrected chi connectivity index (χ1v) is 2.80. The van der Waals surface area contributed by atoms with Crippen LogP contribution in [0, 0.1) is 0 Å². The van der Waals surface area contributed by atoms with E-state index in [1.54, 1.807) is 0 Å². The van der Waals surface area contributed by atoms with Gasteiger partial charge in [0.15, 0.2) is 0 Å². The third-order valence-corrected chi connectivity index (χ3v) is 0.997. The Kier molecular flexibility index (Phi) is 1.17. The fraction of sp³-hybridized carbons (Fsp3) is 0. The van der Waals surface area contributed by atoms with Crippen LogP contribution in [0.4, 0.5) is 0 Å². The van der Waals surface area contributed by atoms with Crippen molar-refractivity contribution in [2.45, 2.75) is 0 Å². The molecule has 9 heavy (non-hydrogen) atoms. The van der Waals surface area contributed by atoms with Crippen molar-refractivity contribution in [1.29, 1.82) is 0 Å². The van der Waals surface area contributed by atoms with Gasteiger partial charge in [0.05, 0.1) is 2.74 Å². The predicted molar refractivity (Wildman–Crippen MR) is 35.9 cm³/mol. The average molecular weight is 166 g/mol. The molecule has 0 aliphatic rings. The van der Waals surface area contributed by atoms with Crippen molar-refractivity contribution in [2.24, 2.45) is 0 Å². The van der Waals surface area contributed by atoms with Crippen LogP contribution in [0.5, 0.6) is 5.75 Å².